The van der Waals surface area contributed by atoms with Crippen LogP contribution >= 0.6 is 27.3 Å². The lowest BCUT2D eigenvalue weighted by Gasteiger charge is -2.16. The monoisotopic (exact) mass is 342 g/mol. The van der Waals surface area contributed by atoms with Crippen LogP contribution in [0.1, 0.15) is 20.2 Å². The molecule has 3 nitrogen and oxygen atoms in total. The highest BCUT2D eigenvalue weighted by atomic mass is 79.9. The molecule has 0 unspecified atom stereocenters. The lowest BCUT2D eigenvalue weighted by atomic mass is 10.2. The summed E-state index contributed by atoms with van der Waals surface area (Å²) in [7, 11) is 1.69. The van der Waals surface area contributed by atoms with Crippen LogP contribution < -0.4 is 0 Å². The van der Waals surface area contributed by atoms with Crippen LogP contribution in [-0.2, 0) is 6.54 Å². The second-order valence-electron chi connectivity index (χ2n) is 4.14. The summed E-state index contributed by atoms with van der Waals surface area (Å²) in [6.07, 6.45) is 1.76. The lowest BCUT2D eigenvalue weighted by molar-refractivity contribution is 0.0786. The van der Waals surface area contributed by atoms with Crippen LogP contribution in [0.5, 0.6) is 0 Å². The van der Waals surface area contributed by atoms with Gasteiger partial charge in [0.15, 0.2) is 0 Å². The van der Waals surface area contributed by atoms with Gasteiger partial charge in [-0.15, -0.1) is 11.3 Å². The van der Waals surface area contributed by atoms with Crippen molar-refractivity contribution in [1.82, 2.24) is 9.88 Å². The van der Waals surface area contributed by atoms with Crippen LogP contribution in [-0.4, -0.2) is 22.8 Å². The SMILES string of the molecule is Cc1ncc(CN(C)C(=O)c2ccc(Br)c(F)c2)s1. The van der Waals surface area contributed by atoms with E-state index in [4.69, 9.17) is 0 Å². The fourth-order valence-corrected chi connectivity index (χ4v) is 2.73. The summed E-state index contributed by atoms with van der Waals surface area (Å²) in [5.41, 5.74) is 0.337. The minimum atomic E-state index is -0.437. The zero-order valence-corrected chi connectivity index (χ0v) is 12.9. The van der Waals surface area contributed by atoms with Crippen LogP contribution in [0.3, 0.4) is 0 Å². The first-order valence-corrected chi connectivity index (χ1v) is 7.20. The maximum absolute atomic E-state index is 13.4. The smallest absolute Gasteiger partial charge is 0.254 e. The number of amides is 1. The highest BCUT2D eigenvalue weighted by Crippen LogP contribution is 2.19. The number of thiazole rings is 1. The third-order valence-electron chi connectivity index (χ3n) is 2.58. The van der Waals surface area contributed by atoms with Crippen molar-refractivity contribution in [3.63, 3.8) is 0 Å². The number of rotatable bonds is 3. The number of carbonyl (C=O) groups excluding carboxylic acids is 1. The van der Waals surface area contributed by atoms with E-state index in [1.807, 2.05) is 6.92 Å². The molecule has 0 aliphatic heterocycles. The molecule has 1 aromatic heterocycles. The van der Waals surface area contributed by atoms with E-state index in [0.29, 0.717) is 16.6 Å². The van der Waals surface area contributed by atoms with E-state index in [0.717, 1.165) is 9.88 Å². The Bertz CT molecular complexity index is 614. The molecular formula is C13H12BrFN2OS. The van der Waals surface area contributed by atoms with Gasteiger partial charge in [0.05, 0.1) is 16.0 Å². The zero-order valence-electron chi connectivity index (χ0n) is 10.5. The van der Waals surface area contributed by atoms with Gasteiger partial charge in [-0.3, -0.25) is 4.79 Å². The van der Waals surface area contributed by atoms with Crippen LogP contribution in [0, 0.1) is 12.7 Å². The Labute approximate surface area is 123 Å². The molecule has 2 aromatic rings. The van der Waals surface area contributed by atoms with Gasteiger partial charge in [0, 0.05) is 23.7 Å². The van der Waals surface area contributed by atoms with Crippen molar-refractivity contribution in [2.75, 3.05) is 7.05 Å². The number of carbonyl (C=O) groups is 1. The predicted octanol–water partition coefficient (Wildman–Crippen LogP) is 3.63. The van der Waals surface area contributed by atoms with Gasteiger partial charge in [-0.2, -0.15) is 0 Å². The molecule has 6 heteroatoms. The first kappa shape index (κ1) is 14.1. The Hall–Kier alpha value is -1.27. The Balaban J connectivity index is 2.12. The van der Waals surface area contributed by atoms with E-state index in [1.165, 1.54) is 12.1 Å². The fraction of sp³-hybridized carbons (Fsp3) is 0.231. The van der Waals surface area contributed by atoms with Crippen LogP contribution in [0.15, 0.2) is 28.9 Å². The number of hydrogen-bond acceptors (Lipinski definition) is 3. The maximum atomic E-state index is 13.4. The number of halogens is 2. The molecule has 0 aliphatic carbocycles. The Morgan fingerprint density at radius 3 is 2.84 bits per heavy atom. The number of benzene rings is 1. The summed E-state index contributed by atoms with van der Waals surface area (Å²) in [6.45, 7) is 2.39. The predicted molar refractivity (Wildman–Crippen MR) is 76.7 cm³/mol. The van der Waals surface area contributed by atoms with Crippen molar-refractivity contribution in [2.45, 2.75) is 13.5 Å². The number of hydrogen-bond donors (Lipinski definition) is 0. The Morgan fingerprint density at radius 2 is 2.26 bits per heavy atom. The van der Waals surface area contributed by atoms with Crippen molar-refractivity contribution in [3.8, 4) is 0 Å². The molecule has 0 saturated carbocycles. The van der Waals surface area contributed by atoms with E-state index in [1.54, 1.807) is 35.5 Å². The standard InChI is InChI=1S/C13H12BrFN2OS/c1-8-16-6-10(19-8)7-17(2)13(18)9-3-4-11(14)12(15)5-9/h3-6H,7H2,1-2H3. The molecule has 0 radical (unpaired) electrons. The molecule has 0 bridgehead atoms. The molecule has 0 saturated heterocycles. The van der Waals surface area contributed by atoms with Gasteiger partial charge in [-0.1, -0.05) is 0 Å². The van der Waals surface area contributed by atoms with Gasteiger partial charge >= 0.3 is 0 Å². The van der Waals surface area contributed by atoms with Gasteiger partial charge in [0.25, 0.3) is 5.91 Å². The van der Waals surface area contributed by atoms with Crippen molar-refractivity contribution in [3.05, 3.63) is 50.1 Å². The minimum Gasteiger partial charge on any atom is -0.337 e. The fourth-order valence-electron chi connectivity index (χ4n) is 1.63. The Morgan fingerprint density at radius 1 is 1.53 bits per heavy atom. The molecular weight excluding hydrogens is 331 g/mol. The third kappa shape index (κ3) is 3.39. The minimum absolute atomic E-state index is 0.211. The van der Waals surface area contributed by atoms with E-state index < -0.39 is 5.82 Å². The van der Waals surface area contributed by atoms with E-state index >= 15 is 0 Å². The second-order valence-corrected chi connectivity index (χ2v) is 6.31. The molecule has 2 rings (SSSR count). The first-order valence-electron chi connectivity index (χ1n) is 5.59. The van der Waals surface area contributed by atoms with E-state index in [2.05, 4.69) is 20.9 Å². The topological polar surface area (TPSA) is 33.2 Å². The average molecular weight is 343 g/mol. The summed E-state index contributed by atoms with van der Waals surface area (Å²) in [5, 5.41) is 0.963. The third-order valence-corrected chi connectivity index (χ3v) is 4.12. The molecule has 19 heavy (non-hydrogen) atoms. The number of aryl methyl sites for hydroxylation is 1. The Kier molecular flexibility index (Phi) is 4.31. The maximum Gasteiger partial charge on any atom is 0.254 e. The van der Waals surface area contributed by atoms with Crippen molar-refractivity contribution in [2.24, 2.45) is 0 Å². The lowest BCUT2D eigenvalue weighted by Crippen LogP contribution is -2.25. The summed E-state index contributed by atoms with van der Waals surface area (Å²) >= 11 is 4.61. The second kappa shape index (κ2) is 5.79. The summed E-state index contributed by atoms with van der Waals surface area (Å²) in [4.78, 5) is 18.8. The molecule has 1 aromatic carbocycles. The summed E-state index contributed by atoms with van der Waals surface area (Å²) in [6, 6.07) is 4.37. The van der Waals surface area contributed by atoms with Gasteiger partial charge in [0.1, 0.15) is 5.82 Å². The average Bonchev–Trinajstić information content (AvgIpc) is 2.77. The van der Waals surface area contributed by atoms with Crippen LogP contribution in [0.4, 0.5) is 4.39 Å². The normalized spacial score (nSPS) is 10.5. The molecule has 0 aliphatic rings. The van der Waals surface area contributed by atoms with Crippen LogP contribution in [0.25, 0.3) is 0 Å². The largest absolute Gasteiger partial charge is 0.337 e. The quantitative estimate of drug-likeness (QED) is 0.853. The van der Waals surface area contributed by atoms with E-state index in [9.17, 15) is 9.18 Å². The molecule has 1 heterocycles. The molecule has 0 spiro atoms. The van der Waals surface area contributed by atoms with Crippen LogP contribution in [0.2, 0.25) is 0 Å². The van der Waals surface area contributed by atoms with Gasteiger partial charge < -0.3 is 4.90 Å². The highest BCUT2D eigenvalue weighted by molar-refractivity contribution is 9.10. The van der Waals surface area contributed by atoms with Crippen molar-refractivity contribution < 1.29 is 9.18 Å². The first-order chi connectivity index (χ1) is 8.97. The molecule has 0 fully saturated rings. The van der Waals surface area contributed by atoms with Crippen molar-refractivity contribution in [1.29, 1.82) is 0 Å². The van der Waals surface area contributed by atoms with Gasteiger partial charge in [0.2, 0.25) is 0 Å². The summed E-state index contributed by atoms with van der Waals surface area (Å²) < 4.78 is 13.8. The number of aromatic nitrogens is 1. The number of nitrogens with zero attached hydrogens (tertiary/aromatic N) is 2. The van der Waals surface area contributed by atoms with Gasteiger partial charge in [-0.25, -0.2) is 9.37 Å². The summed E-state index contributed by atoms with van der Waals surface area (Å²) in [5.74, 6) is -0.648. The molecule has 0 N–H and O–H groups in total. The van der Waals surface area contributed by atoms with Gasteiger partial charge in [-0.05, 0) is 41.1 Å². The zero-order chi connectivity index (χ0) is 14.0. The molecule has 0 atom stereocenters. The highest BCUT2D eigenvalue weighted by Gasteiger charge is 2.14. The molecule has 1 amide bonds. The van der Waals surface area contributed by atoms with Crippen molar-refractivity contribution >= 4 is 33.2 Å². The van der Waals surface area contributed by atoms with E-state index in [-0.39, 0.29) is 5.91 Å². The molecule has 100 valence electrons.